The fraction of sp³-hybridized carbons (Fsp3) is 0.0317. The number of benzene rings is 9. The summed E-state index contributed by atoms with van der Waals surface area (Å²) < 4.78 is 2.45. The van der Waals surface area contributed by atoms with Crippen molar-refractivity contribution in [3.8, 4) is 39.1 Å². The van der Waals surface area contributed by atoms with Gasteiger partial charge in [0.25, 0.3) is 0 Å². The lowest BCUT2D eigenvalue weighted by molar-refractivity contribution is -0.706. The summed E-state index contributed by atoms with van der Waals surface area (Å²) in [5.74, 6) is 0. The third kappa shape index (κ3) is 6.69. The number of para-hydroxylation sites is 4. The second-order valence-electron chi connectivity index (χ2n) is 17.6. The number of allylic oxidation sites excluding steroid dienone is 3. The molecule has 67 heavy (non-hydrogen) atoms. The fourth-order valence-corrected chi connectivity index (χ4v) is 10.7. The molecule has 2 aliphatic rings. The van der Waals surface area contributed by atoms with Gasteiger partial charge in [0.2, 0.25) is 0 Å². The van der Waals surface area contributed by atoms with Crippen LogP contribution >= 0.6 is 0 Å². The average molecular weight is 858 g/mol. The lowest BCUT2D eigenvalue weighted by atomic mass is 9.97. The molecule has 0 radical (unpaired) electrons. The minimum Gasteiger partial charge on any atom is -0.310 e. The molecule has 1 aliphatic carbocycles. The van der Waals surface area contributed by atoms with Crippen molar-refractivity contribution in [1.29, 1.82) is 0 Å². The number of nitrogens with zero attached hydrogens (tertiary/aromatic N) is 3. The molecule has 1 unspecified atom stereocenters. The number of fused-ring (bicyclic) bond motifs is 6. The summed E-state index contributed by atoms with van der Waals surface area (Å²) in [4.78, 5) is 8.44. The zero-order chi connectivity index (χ0) is 44.3. The Morgan fingerprint density at radius 1 is 0.463 bits per heavy atom. The molecule has 9 aromatic carbocycles. The molecule has 0 spiro atoms. The topological polar surface area (TPSA) is 25.5 Å². The highest BCUT2D eigenvalue weighted by Crippen LogP contribution is 2.42. The van der Waals surface area contributed by atoms with Gasteiger partial charge in [-0.05, 0) is 107 Å². The third-order valence-electron chi connectivity index (χ3n) is 13.8. The van der Waals surface area contributed by atoms with E-state index in [1.54, 1.807) is 0 Å². The third-order valence-corrected chi connectivity index (χ3v) is 13.8. The second kappa shape index (κ2) is 16.1. The lowest BCUT2D eigenvalue weighted by Crippen LogP contribution is -2.99. The maximum absolute atomic E-state index is 4.78. The predicted octanol–water partition coefficient (Wildman–Crippen LogP) is 15.7. The maximum atomic E-state index is 4.78. The van der Waals surface area contributed by atoms with Gasteiger partial charge in [-0.15, -0.1) is 0 Å². The van der Waals surface area contributed by atoms with Crippen molar-refractivity contribution in [3.63, 3.8) is 0 Å². The molecule has 0 amide bonds. The number of nitrogens with one attached hydrogen (secondary N) is 1. The van der Waals surface area contributed by atoms with Crippen LogP contribution in [0.1, 0.15) is 18.4 Å². The van der Waals surface area contributed by atoms with Crippen molar-refractivity contribution in [2.75, 3.05) is 4.90 Å². The van der Waals surface area contributed by atoms with Crippen LogP contribution in [0.5, 0.6) is 0 Å². The Kier molecular flexibility index (Phi) is 9.36. The number of hydrogen-bond donors (Lipinski definition) is 1. The molecule has 0 saturated heterocycles. The number of hydrogen-bond acceptors (Lipinski definition) is 2. The van der Waals surface area contributed by atoms with Crippen molar-refractivity contribution < 1.29 is 4.90 Å². The Balaban J connectivity index is 0.870. The van der Waals surface area contributed by atoms with Crippen molar-refractivity contribution >= 4 is 66.6 Å². The van der Waals surface area contributed by atoms with Gasteiger partial charge in [-0.3, -0.25) is 4.98 Å². The van der Waals surface area contributed by atoms with Crippen LogP contribution in [-0.4, -0.2) is 9.55 Å². The van der Waals surface area contributed by atoms with Crippen molar-refractivity contribution in [2.24, 2.45) is 0 Å². The number of pyridine rings is 1. The van der Waals surface area contributed by atoms with E-state index in [2.05, 4.69) is 240 Å². The summed E-state index contributed by atoms with van der Waals surface area (Å²) in [5.41, 5.74) is 20.4. The van der Waals surface area contributed by atoms with Crippen LogP contribution in [0.3, 0.4) is 0 Å². The Hall–Kier alpha value is -8.57. The van der Waals surface area contributed by atoms with Crippen LogP contribution in [0.15, 0.2) is 249 Å². The van der Waals surface area contributed by atoms with Gasteiger partial charge in [0.05, 0.1) is 22.4 Å². The normalized spacial score (nSPS) is 14.2. The van der Waals surface area contributed by atoms with Crippen molar-refractivity contribution in [3.05, 3.63) is 254 Å². The predicted molar refractivity (Wildman–Crippen MR) is 279 cm³/mol. The molecule has 1 atom stereocenters. The molecule has 4 nitrogen and oxygen atoms in total. The molecule has 4 heteroatoms. The zero-order valence-electron chi connectivity index (χ0n) is 36.8. The number of aromatic nitrogens is 2. The summed E-state index contributed by atoms with van der Waals surface area (Å²) in [6.45, 7) is 0. The largest absolute Gasteiger partial charge is 0.310 e. The van der Waals surface area contributed by atoms with E-state index in [1.165, 1.54) is 76.8 Å². The van der Waals surface area contributed by atoms with Crippen LogP contribution in [0.25, 0.3) is 77.2 Å². The van der Waals surface area contributed by atoms with Crippen molar-refractivity contribution in [2.45, 2.75) is 12.8 Å². The first-order valence-electron chi connectivity index (χ1n) is 23.2. The molecule has 2 aromatic heterocycles. The first-order valence-corrected chi connectivity index (χ1v) is 23.2. The molecule has 316 valence electrons. The van der Waals surface area contributed by atoms with E-state index in [4.69, 9.17) is 4.98 Å². The Morgan fingerprint density at radius 2 is 1.06 bits per heavy atom. The molecule has 3 heterocycles. The van der Waals surface area contributed by atoms with Gasteiger partial charge >= 0.3 is 0 Å². The van der Waals surface area contributed by atoms with E-state index in [-0.39, 0.29) is 0 Å². The maximum Gasteiger partial charge on any atom is 0.149 e. The number of anilines is 3. The minimum atomic E-state index is 1.06. The molecule has 0 bridgehead atoms. The van der Waals surface area contributed by atoms with Gasteiger partial charge < -0.3 is 9.47 Å². The standard InChI is InChI=1S/C63H44N4/c1-2-17-50(18-3-1)65(59-28-14-16-46-15-4-5-19-54(46)59)51-35-33-45(34-36-51)49-37-48(41-64-42-49)44-31-29-43(30-32-44)47-38-52(66-60-24-10-6-20-55(60)56-21-7-11-25-61(56)66)40-53(39-47)67-62-26-12-8-22-57(62)58-23-9-13-27-63(58)67/h1-8,10-22,24-42H,9,23H2/p+1. The van der Waals surface area contributed by atoms with E-state index in [1.807, 2.05) is 12.4 Å². The molecule has 13 rings (SSSR count). The highest BCUT2D eigenvalue weighted by molar-refractivity contribution is 6.09. The van der Waals surface area contributed by atoms with Gasteiger partial charge in [-0.25, -0.2) is 4.90 Å². The highest BCUT2D eigenvalue weighted by atomic mass is 15.2. The first-order chi connectivity index (χ1) is 33.2. The summed E-state index contributed by atoms with van der Waals surface area (Å²) in [5, 5.41) is 4.95. The highest BCUT2D eigenvalue weighted by Gasteiger charge is 2.36. The second-order valence-corrected chi connectivity index (χ2v) is 17.6. The quantitative estimate of drug-likeness (QED) is 0.165. The molecule has 0 saturated carbocycles. The van der Waals surface area contributed by atoms with E-state index in [9.17, 15) is 0 Å². The van der Waals surface area contributed by atoms with E-state index >= 15 is 0 Å². The average Bonchev–Trinajstić information content (AvgIpc) is 3.93. The SMILES string of the molecule is C1=CC2=C(CC1)c1ccccc1[NH+]2c1cc(-c2ccc(-c3cncc(-c4ccc(N(c5ccccc5)c5cccc6ccccc56)cc4)c3)cc2)cc(-n2c3ccccc3c3ccccc32)c1. The molecule has 1 aliphatic heterocycles. The summed E-state index contributed by atoms with van der Waals surface area (Å²) in [6.07, 6.45) is 10.8. The fourth-order valence-electron chi connectivity index (χ4n) is 10.7. The minimum absolute atomic E-state index is 1.06. The summed E-state index contributed by atoms with van der Waals surface area (Å²) >= 11 is 0. The van der Waals surface area contributed by atoms with Gasteiger partial charge in [0.1, 0.15) is 17.1 Å². The smallest absolute Gasteiger partial charge is 0.149 e. The van der Waals surface area contributed by atoms with Crippen LogP contribution in [-0.2, 0) is 0 Å². The van der Waals surface area contributed by atoms with E-state index < -0.39 is 0 Å². The van der Waals surface area contributed by atoms with Crippen molar-refractivity contribution in [1.82, 2.24) is 9.55 Å². The van der Waals surface area contributed by atoms with E-state index in [0.29, 0.717) is 0 Å². The van der Waals surface area contributed by atoms with Gasteiger partial charge in [0.15, 0.2) is 0 Å². The molecular weight excluding hydrogens is 813 g/mol. The molecule has 0 fully saturated rings. The summed E-state index contributed by atoms with van der Waals surface area (Å²) in [6, 6.07) is 79.6. The summed E-state index contributed by atoms with van der Waals surface area (Å²) in [7, 11) is 0. The van der Waals surface area contributed by atoms with Gasteiger partial charge in [0, 0.05) is 80.4 Å². The van der Waals surface area contributed by atoms with Crippen LogP contribution < -0.4 is 9.80 Å². The van der Waals surface area contributed by atoms with Gasteiger partial charge in [-0.2, -0.15) is 0 Å². The number of quaternary nitrogens is 1. The number of rotatable bonds is 8. The van der Waals surface area contributed by atoms with Crippen LogP contribution in [0, 0.1) is 0 Å². The Labute approximate surface area is 390 Å². The molecule has 1 N–H and O–H groups in total. The first kappa shape index (κ1) is 38.9. The van der Waals surface area contributed by atoms with Crippen LogP contribution in [0.4, 0.5) is 28.4 Å². The monoisotopic (exact) mass is 857 g/mol. The van der Waals surface area contributed by atoms with E-state index in [0.717, 1.165) is 57.8 Å². The Bertz CT molecular complexity index is 3690. The van der Waals surface area contributed by atoms with Crippen LogP contribution in [0.2, 0.25) is 0 Å². The Morgan fingerprint density at radius 3 is 1.81 bits per heavy atom. The lowest BCUT2D eigenvalue weighted by Gasteiger charge is -2.27. The molecular formula is C63H45N4+. The molecule has 11 aromatic rings. The zero-order valence-corrected chi connectivity index (χ0v) is 36.8. The van der Waals surface area contributed by atoms with Gasteiger partial charge in [-0.1, -0.05) is 146 Å².